The van der Waals surface area contributed by atoms with Crippen LogP contribution < -0.4 is 10.6 Å². The first-order valence-corrected chi connectivity index (χ1v) is 7.50. The van der Waals surface area contributed by atoms with Gasteiger partial charge in [0.15, 0.2) is 0 Å². The molecule has 0 saturated carbocycles. The molecule has 0 aliphatic rings. The van der Waals surface area contributed by atoms with E-state index in [-0.39, 0.29) is 11.7 Å². The van der Waals surface area contributed by atoms with Gasteiger partial charge in [-0.2, -0.15) is 14.6 Å². The lowest BCUT2D eigenvalue weighted by molar-refractivity contribution is 0.0954. The van der Waals surface area contributed by atoms with Crippen LogP contribution >= 0.6 is 0 Å². The molecule has 8 heteroatoms. The molecule has 0 aliphatic heterocycles. The maximum absolute atomic E-state index is 13.5. The highest BCUT2D eigenvalue weighted by atomic mass is 19.1. The summed E-state index contributed by atoms with van der Waals surface area (Å²) in [6.07, 6.45) is 1.43. The Morgan fingerprint density at radius 3 is 2.88 bits per heavy atom. The molecule has 24 heavy (non-hydrogen) atoms. The number of anilines is 1. The van der Waals surface area contributed by atoms with Crippen LogP contribution in [0.15, 0.2) is 30.6 Å². The van der Waals surface area contributed by atoms with Gasteiger partial charge in [0.25, 0.3) is 11.7 Å². The van der Waals surface area contributed by atoms with E-state index < -0.39 is 0 Å². The van der Waals surface area contributed by atoms with Crippen LogP contribution in [0.5, 0.6) is 0 Å². The molecule has 0 aliphatic carbocycles. The second-order valence-electron chi connectivity index (χ2n) is 5.40. The van der Waals surface area contributed by atoms with Gasteiger partial charge in [-0.25, -0.2) is 9.37 Å². The molecule has 2 heterocycles. The zero-order chi connectivity index (χ0) is 17.1. The number of aryl methyl sites for hydroxylation is 2. The number of aromatic nitrogens is 4. The van der Waals surface area contributed by atoms with Gasteiger partial charge >= 0.3 is 0 Å². The molecule has 0 spiro atoms. The van der Waals surface area contributed by atoms with E-state index in [1.165, 1.54) is 12.4 Å². The zero-order valence-corrected chi connectivity index (χ0v) is 13.4. The van der Waals surface area contributed by atoms with Crippen molar-refractivity contribution in [2.24, 2.45) is 0 Å². The number of carbonyl (C=O) groups excluding carboxylic acids is 1. The largest absolute Gasteiger partial charge is 0.368 e. The fraction of sp³-hybridized carbons (Fsp3) is 0.250. The first kappa shape index (κ1) is 15.9. The molecule has 3 rings (SSSR count). The van der Waals surface area contributed by atoms with Crippen molar-refractivity contribution in [1.82, 2.24) is 24.9 Å². The van der Waals surface area contributed by atoms with Gasteiger partial charge in [0.05, 0.1) is 0 Å². The van der Waals surface area contributed by atoms with E-state index in [9.17, 15) is 9.18 Å². The second-order valence-corrected chi connectivity index (χ2v) is 5.40. The van der Waals surface area contributed by atoms with E-state index in [0.717, 1.165) is 11.5 Å². The van der Waals surface area contributed by atoms with Gasteiger partial charge in [0, 0.05) is 30.4 Å². The number of rotatable bonds is 5. The molecule has 0 fully saturated rings. The Labute approximate surface area is 137 Å². The normalized spacial score (nSPS) is 10.8. The molecule has 2 N–H and O–H groups in total. The van der Waals surface area contributed by atoms with Gasteiger partial charge in [-0.1, -0.05) is 6.07 Å². The number of hydrogen-bond acceptors (Lipinski definition) is 5. The maximum atomic E-state index is 13.5. The summed E-state index contributed by atoms with van der Waals surface area (Å²) in [5.74, 6) is 0.552. The smallest absolute Gasteiger partial charge is 0.254 e. The number of nitrogens with zero attached hydrogens (tertiary/aromatic N) is 4. The first-order valence-electron chi connectivity index (χ1n) is 7.50. The van der Waals surface area contributed by atoms with Gasteiger partial charge < -0.3 is 10.6 Å². The number of amides is 1. The van der Waals surface area contributed by atoms with Crippen LogP contribution in [0.25, 0.3) is 5.78 Å². The number of hydrogen-bond donors (Lipinski definition) is 2. The van der Waals surface area contributed by atoms with E-state index in [0.29, 0.717) is 30.0 Å². The standard InChI is InChI=1S/C16H17FN6O/c1-10-3-4-12(8-13(10)17)15(24)19-6-5-18-14-7-11(2)22-16-20-9-21-23(14)16/h3-4,7-9,18H,5-6H2,1-2H3,(H,19,24). The molecular formula is C16H17FN6O. The molecule has 1 aromatic carbocycles. The number of benzene rings is 1. The summed E-state index contributed by atoms with van der Waals surface area (Å²) < 4.78 is 15.1. The Morgan fingerprint density at radius 2 is 2.08 bits per heavy atom. The van der Waals surface area contributed by atoms with Gasteiger partial charge in [0.1, 0.15) is 18.0 Å². The molecule has 0 atom stereocenters. The van der Waals surface area contributed by atoms with Crippen LogP contribution in [-0.2, 0) is 0 Å². The first-order chi connectivity index (χ1) is 11.5. The quantitative estimate of drug-likeness (QED) is 0.697. The third-order valence-corrected chi connectivity index (χ3v) is 3.53. The van der Waals surface area contributed by atoms with Crippen molar-refractivity contribution in [2.45, 2.75) is 13.8 Å². The summed E-state index contributed by atoms with van der Waals surface area (Å²) in [5, 5.41) is 10.0. The summed E-state index contributed by atoms with van der Waals surface area (Å²) in [5.41, 5.74) is 1.63. The number of nitrogens with one attached hydrogen (secondary N) is 2. The number of halogens is 1. The van der Waals surface area contributed by atoms with Crippen LogP contribution in [0.2, 0.25) is 0 Å². The SMILES string of the molecule is Cc1cc(NCCNC(=O)c2ccc(C)c(F)c2)n2ncnc2n1. The van der Waals surface area contributed by atoms with Crippen molar-refractivity contribution in [3.63, 3.8) is 0 Å². The van der Waals surface area contributed by atoms with Crippen molar-refractivity contribution < 1.29 is 9.18 Å². The summed E-state index contributed by atoms with van der Waals surface area (Å²) >= 11 is 0. The van der Waals surface area contributed by atoms with E-state index in [1.807, 2.05) is 13.0 Å². The highest BCUT2D eigenvalue weighted by Gasteiger charge is 2.08. The third kappa shape index (κ3) is 3.32. The lowest BCUT2D eigenvalue weighted by Gasteiger charge is -2.10. The number of fused-ring (bicyclic) bond motifs is 1. The Kier molecular flexibility index (Phi) is 4.37. The minimum absolute atomic E-state index is 0.302. The summed E-state index contributed by atoms with van der Waals surface area (Å²) in [7, 11) is 0. The fourth-order valence-electron chi connectivity index (χ4n) is 2.26. The van der Waals surface area contributed by atoms with Crippen LogP contribution in [0, 0.1) is 19.7 Å². The molecule has 0 saturated heterocycles. The highest BCUT2D eigenvalue weighted by molar-refractivity contribution is 5.94. The average molecular weight is 328 g/mol. The van der Waals surface area contributed by atoms with E-state index in [2.05, 4.69) is 25.7 Å². The molecule has 0 bridgehead atoms. The van der Waals surface area contributed by atoms with Gasteiger partial charge in [-0.3, -0.25) is 4.79 Å². The van der Waals surface area contributed by atoms with E-state index >= 15 is 0 Å². The average Bonchev–Trinajstić information content (AvgIpc) is 3.02. The van der Waals surface area contributed by atoms with Crippen LogP contribution in [0.4, 0.5) is 10.2 Å². The molecular weight excluding hydrogens is 311 g/mol. The Hall–Kier alpha value is -3.03. The molecule has 3 aromatic rings. The van der Waals surface area contributed by atoms with Crippen molar-refractivity contribution in [3.8, 4) is 0 Å². The Balaban J connectivity index is 1.57. The molecule has 1 amide bonds. The molecule has 0 radical (unpaired) electrons. The van der Waals surface area contributed by atoms with Crippen molar-refractivity contribution in [3.05, 3.63) is 53.2 Å². The topological polar surface area (TPSA) is 84.2 Å². The second kappa shape index (κ2) is 6.61. The van der Waals surface area contributed by atoms with Crippen molar-refractivity contribution in [1.29, 1.82) is 0 Å². The molecule has 0 unspecified atom stereocenters. The molecule has 2 aromatic heterocycles. The van der Waals surface area contributed by atoms with E-state index in [4.69, 9.17) is 0 Å². The van der Waals surface area contributed by atoms with Crippen molar-refractivity contribution in [2.75, 3.05) is 18.4 Å². The van der Waals surface area contributed by atoms with Gasteiger partial charge in [0.2, 0.25) is 0 Å². The Bertz CT molecular complexity index is 891. The lowest BCUT2D eigenvalue weighted by Crippen LogP contribution is -2.29. The summed E-state index contributed by atoms with van der Waals surface area (Å²) in [6.45, 7) is 4.39. The highest BCUT2D eigenvalue weighted by Crippen LogP contribution is 2.10. The van der Waals surface area contributed by atoms with Crippen LogP contribution in [0.3, 0.4) is 0 Å². The zero-order valence-electron chi connectivity index (χ0n) is 13.4. The fourth-order valence-corrected chi connectivity index (χ4v) is 2.26. The van der Waals surface area contributed by atoms with Crippen molar-refractivity contribution >= 4 is 17.5 Å². The van der Waals surface area contributed by atoms with Crippen LogP contribution in [0.1, 0.15) is 21.6 Å². The predicted octanol–water partition coefficient (Wildman–Crippen LogP) is 1.72. The minimum Gasteiger partial charge on any atom is -0.368 e. The summed E-state index contributed by atoms with van der Waals surface area (Å²) in [6, 6.07) is 6.28. The summed E-state index contributed by atoms with van der Waals surface area (Å²) in [4.78, 5) is 20.3. The van der Waals surface area contributed by atoms with Gasteiger partial charge in [-0.05, 0) is 31.5 Å². The van der Waals surface area contributed by atoms with Crippen LogP contribution in [-0.4, -0.2) is 38.6 Å². The van der Waals surface area contributed by atoms with E-state index in [1.54, 1.807) is 23.6 Å². The Morgan fingerprint density at radius 1 is 1.25 bits per heavy atom. The predicted molar refractivity (Wildman–Crippen MR) is 87.5 cm³/mol. The molecule has 124 valence electrons. The maximum Gasteiger partial charge on any atom is 0.254 e. The lowest BCUT2D eigenvalue weighted by atomic mass is 10.1. The monoisotopic (exact) mass is 328 g/mol. The number of carbonyl (C=O) groups is 1. The third-order valence-electron chi connectivity index (χ3n) is 3.53. The molecule has 7 nitrogen and oxygen atoms in total. The van der Waals surface area contributed by atoms with Gasteiger partial charge in [-0.15, -0.1) is 0 Å². The minimum atomic E-state index is -0.387.